The van der Waals surface area contributed by atoms with Gasteiger partial charge in [-0.1, -0.05) is 11.6 Å². The summed E-state index contributed by atoms with van der Waals surface area (Å²) in [5.41, 5.74) is 1.80. The van der Waals surface area contributed by atoms with E-state index in [4.69, 9.17) is 21.1 Å². The van der Waals surface area contributed by atoms with E-state index in [9.17, 15) is 19.2 Å². The first kappa shape index (κ1) is 29.5. The van der Waals surface area contributed by atoms with E-state index in [0.29, 0.717) is 17.6 Å². The molecule has 1 aliphatic carbocycles. The maximum atomic E-state index is 15.6. The third-order valence-electron chi connectivity index (χ3n) is 6.45. The summed E-state index contributed by atoms with van der Waals surface area (Å²) in [5.74, 6) is -0.787. The molecular formula is C26H36ClFN6O6. The molecule has 1 atom stereocenters. The van der Waals surface area contributed by atoms with Crippen LogP contribution in [0.2, 0.25) is 5.02 Å². The van der Waals surface area contributed by atoms with Crippen LogP contribution in [0.1, 0.15) is 67.2 Å². The molecule has 2 fully saturated rings. The van der Waals surface area contributed by atoms with Crippen LogP contribution in [0.5, 0.6) is 0 Å². The second kappa shape index (κ2) is 10.8. The van der Waals surface area contributed by atoms with Crippen LogP contribution in [0.25, 0.3) is 10.9 Å². The van der Waals surface area contributed by atoms with E-state index < -0.39 is 40.5 Å². The van der Waals surface area contributed by atoms with Crippen molar-refractivity contribution in [2.75, 3.05) is 28.8 Å². The Morgan fingerprint density at radius 2 is 1.60 bits per heavy atom. The Hall–Kier alpha value is -3.48. The predicted octanol–water partition coefficient (Wildman–Crippen LogP) is 3.63. The highest BCUT2D eigenvalue weighted by molar-refractivity contribution is 6.38. The van der Waals surface area contributed by atoms with Gasteiger partial charge in [-0.25, -0.2) is 28.9 Å². The molecule has 2 aromatic rings. The van der Waals surface area contributed by atoms with Gasteiger partial charge in [-0.2, -0.15) is 4.68 Å². The average molecular weight is 583 g/mol. The molecule has 14 heteroatoms. The van der Waals surface area contributed by atoms with Gasteiger partial charge in [0.2, 0.25) is 0 Å². The molecule has 1 aliphatic heterocycles. The third-order valence-corrected chi connectivity index (χ3v) is 6.81. The topological polar surface area (TPSA) is 136 Å². The van der Waals surface area contributed by atoms with Crippen molar-refractivity contribution >= 4 is 40.4 Å². The molecule has 12 nitrogen and oxygen atoms in total. The maximum absolute atomic E-state index is 15.6. The number of halogens is 2. The number of alkyl carbamates (subject to hydrolysis) is 1. The number of carbonyl (C=O) groups is 2. The molecule has 2 heterocycles. The summed E-state index contributed by atoms with van der Waals surface area (Å²) in [4.78, 5) is 53.1. The van der Waals surface area contributed by atoms with Crippen molar-refractivity contribution in [3.63, 3.8) is 0 Å². The fourth-order valence-electron chi connectivity index (χ4n) is 4.56. The number of anilines is 1. The first-order chi connectivity index (χ1) is 18.5. The molecule has 1 aromatic heterocycles. The molecule has 4 rings (SSSR count). The third kappa shape index (κ3) is 6.45. The van der Waals surface area contributed by atoms with Gasteiger partial charge in [-0.3, -0.25) is 4.79 Å². The molecule has 3 N–H and O–H groups in total. The van der Waals surface area contributed by atoms with Crippen LogP contribution in [-0.4, -0.2) is 57.9 Å². The van der Waals surface area contributed by atoms with Crippen molar-refractivity contribution < 1.29 is 23.5 Å². The first-order valence-corrected chi connectivity index (χ1v) is 13.6. The van der Waals surface area contributed by atoms with Crippen LogP contribution in [0.15, 0.2) is 15.7 Å². The highest BCUT2D eigenvalue weighted by Crippen LogP contribution is 2.36. The highest BCUT2D eigenvalue weighted by Gasteiger charge is 2.32. The van der Waals surface area contributed by atoms with Gasteiger partial charge in [0.25, 0.3) is 5.56 Å². The van der Waals surface area contributed by atoms with Crippen LogP contribution in [-0.2, 0) is 9.47 Å². The number of aromatic nitrogens is 2. The van der Waals surface area contributed by atoms with Gasteiger partial charge in [0, 0.05) is 19.1 Å². The van der Waals surface area contributed by atoms with E-state index in [2.05, 4.69) is 16.2 Å². The lowest BCUT2D eigenvalue weighted by Crippen LogP contribution is -2.51. The number of carbonyl (C=O) groups excluding carboxylic acids is 2. The standard InChI is InChI=1S/C26H36ClFN6O6/c1-25(2,3)39-22(36)29-15-10-11-32(13-15)20-17(28)12-16-19(18(20)27)33(30-14-8-7-9-14)24(38)34(21(16)35)31-23(37)40-26(4,5)6/h12,14-15,30H,7-11,13H2,1-6H3,(H,29,36)(H,31,37). The minimum Gasteiger partial charge on any atom is -0.444 e. The van der Waals surface area contributed by atoms with Gasteiger partial charge in [0.1, 0.15) is 22.5 Å². The van der Waals surface area contributed by atoms with Crippen molar-refractivity contribution in [3.05, 3.63) is 37.7 Å². The molecule has 2 aliphatic rings. The molecule has 40 heavy (non-hydrogen) atoms. The monoisotopic (exact) mass is 582 g/mol. The van der Waals surface area contributed by atoms with Crippen molar-refractivity contribution in [1.29, 1.82) is 0 Å². The zero-order chi connectivity index (χ0) is 29.6. The molecule has 220 valence electrons. The summed E-state index contributed by atoms with van der Waals surface area (Å²) in [6.45, 7) is 10.8. The van der Waals surface area contributed by atoms with Gasteiger partial charge >= 0.3 is 17.9 Å². The van der Waals surface area contributed by atoms with Crippen LogP contribution in [0.4, 0.5) is 19.7 Å². The maximum Gasteiger partial charge on any atom is 0.427 e. The highest BCUT2D eigenvalue weighted by atomic mass is 35.5. The Morgan fingerprint density at radius 1 is 0.975 bits per heavy atom. The number of hydrogen-bond donors (Lipinski definition) is 3. The number of nitrogens with one attached hydrogen (secondary N) is 3. The van der Waals surface area contributed by atoms with Crippen LogP contribution < -0.4 is 32.3 Å². The fraction of sp³-hybridized carbons (Fsp3) is 0.615. The number of rotatable bonds is 5. The Morgan fingerprint density at radius 3 is 2.17 bits per heavy atom. The Balaban J connectivity index is 1.74. The summed E-state index contributed by atoms with van der Waals surface area (Å²) in [5, 5.41) is 2.43. The molecule has 1 saturated heterocycles. The minimum atomic E-state index is -1.02. The normalized spacial score (nSPS) is 17.9. The van der Waals surface area contributed by atoms with Gasteiger partial charge in [-0.15, -0.1) is 0 Å². The second-order valence-corrected chi connectivity index (χ2v) is 12.5. The largest absolute Gasteiger partial charge is 0.444 e. The predicted molar refractivity (Wildman–Crippen MR) is 150 cm³/mol. The summed E-state index contributed by atoms with van der Waals surface area (Å²) >= 11 is 6.75. The number of benzene rings is 1. The zero-order valence-electron chi connectivity index (χ0n) is 23.5. The van der Waals surface area contributed by atoms with Gasteiger partial charge in [0.15, 0.2) is 0 Å². The zero-order valence-corrected chi connectivity index (χ0v) is 24.3. The van der Waals surface area contributed by atoms with E-state index in [1.54, 1.807) is 46.4 Å². The van der Waals surface area contributed by atoms with Gasteiger partial charge in [0.05, 0.1) is 22.1 Å². The van der Waals surface area contributed by atoms with E-state index in [1.807, 2.05) is 0 Å². The summed E-state index contributed by atoms with van der Waals surface area (Å²) < 4.78 is 27.7. The fourth-order valence-corrected chi connectivity index (χ4v) is 4.96. The van der Waals surface area contributed by atoms with Gasteiger partial charge < -0.3 is 25.1 Å². The van der Waals surface area contributed by atoms with E-state index in [1.165, 1.54) is 0 Å². The van der Waals surface area contributed by atoms with E-state index in [0.717, 1.165) is 30.0 Å². The molecule has 0 bridgehead atoms. The van der Waals surface area contributed by atoms with E-state index in [-0.39, 0.29) is 40.2 Å². The lowest BCUT2D eigenvalue weighted by atomic mass is 9.94. The second-order valence-electron chi connectivity index (χ2n) is 12.1. The molecule has 1 saturated carbocycles. The Bertz CT molecular complexity index is 1440. The number of hydrogen-bond acceptors (Lipinski definition) is 8. The number of nitrogens with zero attached hydrogens (tertiary/aromatic N) is 3. The summed E-state index contributed by atoms with van der Waals surface area (Å²) in [6, 6.07) is 0.591. The van der Waals surface area contributed by atoms with Crippen LogP contribution >= 0.6 is 11.6 Å². The Labute approximate surface area is 235 Å². The molecule has 1 unspecified atom stereocenters. The number of fused-ring (bicyclic) bond motifs is 1. The molecular weight excluding hydrogens is 547 g/mol. The number of amides is 2. The van der Waals surface area contributed by atoms with Crippen LogP contribution in [0, 0.1) is 5.82 Å². The molecule has 2 amide bonds. The lowest BCUT2D eigenvalue weighted by molar-refractivity contribution is 0.0507. The number of ether oxygens (including phenoxy) is 2. The average Bonchev–Trinajstić information content (AvgIpc) is 3.20. The molecule has 0 spiro atoms. The van der Waals surface area contributed by atoms with Crippen molar-refractivity contribution in [1.82, 2.24) is 14.7 Å². The molecule has 1 aromatic carbocycles. The van der Waals surface area contributed by atoms with Gasteiger partial charge in [-0.05, 0) is 73.3 Å². The van der Waals surface area contributed by atoms with Crippen molar-refractivity contribution in [2.24, 2.45) is 0 Å². The Kier molecular flexibility index (Phi) is 7.99. The van der Waals surface area contributed by atoms with Crippen molar-refractivity contribution in [3.8, 4) is 0 Å². The minimum absolute atomic E-state index is 0.00321. The first-order valence-electron chi connectivity index (χ1n) is 13.2. The molecule has 0 radical (unpaired) electrons. The van der Waals surface area contributed by atoms with E-state index >= 15 is 4.39 Å². The smallest absolute Gasteiger partial charge is 0.427 e. The lowest BCUT2D eigenvalue weighted by Gasteiger charge is -2.30. The SMILES string of the molecule is CC(C)(C)OC(=O)NC1CCN(c2c(F)cc3c(=O)n(NC(=O)OC(C)(C)C)c(=O)n(NC4CCC4)c3c2Cl)C1. The summed E-state index contributed by atoms with van der Waals surface area (Å²) in [6.07, 6.45) is 1.41. The quantitative estimate of drug-likeness (QED) is 0.486. The van der Waals surface area contributed by atoms with Crippen LogP contribution in [0.3, 0.4) is 0 Å². The summed E-state index contributed by atoms with van der Waals surface area (Å²) in [7, 11) is 0. The van der Waals surface area contributed by atoms with Crippen molar-refractivity contribution in [2.45, 2.75) is 90.5 Å².